The highest BCUT2D eigenvalue weighted by atomic mass is 16.5. The van der Waals surface area contributed by atoms with E-state index < -0.39 is 19.3 Å². The maximum atomic E-state index is 10.9. The number of piperidine rings is 1. The summed E-state index contributed by atoms with van der Waals surface area (Å²) in [5, 5.41) is 10.9. The van der Waals surface area contributed by atoms with Gasteiger partial charge in [-0.25, -0.2) is 0 Å². The van der Waals surface area contributed by atoms with E-state index in [1.807, 2.05) is 6.07 Å². The summed E-state index contributed by atoms with van der Waals surface area (Å²) in [6, 6.07) is 3.75. The number of hydrogen-bond acceptors (Lipinski definition) is 3. The van der Waals surface area contributed by atoms with Crippen LogP contribution in [0.3, 0.4) is 0 Å². The molecule has 0 aliphatic carbocycles. The molecule has 0 amide bonds. The minimum Gasteiger partial charge on any atom is -0.493 e. The summed E-state index contributed by atoms with van der Waals surface area (Å²) in [5.41, 5.74) is 2.46. The van der Waals surface area contributed by atoms with Crippen molar-refractivity contribution >= 4 is 0 Å². The number of fused-ring (bicyclic) bond motifs is 3. The topological polar surface area (TPSA) is 32.7 Å². The molecular weight excluding hydrogens is 322 g/mol. The average molecular weight is 366 g/mol. The second-order valence-electron chi connectivity index (χ2n) is 8.48. The highest BCUT2D eigenvalue weighted by Gasteiger charge is 2.46. The Bertz CT molecular complexity index is 854. The first kappa shape index (κ1) is 13.2. The molecule has 3 rings (SSSR count). The molecule has 1 fully saturated rings. The van der Waals surface area contributed by atoms with Gasteiger partial charge >= 0.3 is 0 Å². The lowest BCUT2D eigenvalue weighted by Crippen LogP contribution is -2.58. The Morgan fingerprint density at radius 1 is 1.42 bits per heavy atom. The normalized spacial score (nSPS) is 33.8. The molecule has 0 saturated carbocycles. The van der Waals surface area contributed by atoms with Crippen LogP contribution in [0.5, 0.6) is 5.75 Å². The van der Waals surface area contributed by atoms with Gasteiger partial charge in [-0.15, -0.1) is 0 Å². The minimum absolute atomic E-state index is 0.230. The van der Waals surface area contributed by atoms with Crippen LogP contribution in [0.4, 0.5) is 0 Å². The van der Waals surface area contributed by atoms with Gasteiger partial charge in [0.25, 0.3) is 0 Å². The number of aryl methyl sites for hydroxylation is 1. The number of nitrogens with zero attached hydrogens (tertiary/aromatic N) is 1. The zero-order valence-corrected chi connectivity index (χ0v) is 16.7. The van der Waals surface area contributed by atoms with Crippen LogP contribution in [0, 0.1) is 18.8 Å². The monoisotopic (exact) mass is 365 g/mol. The summed E-state index contributed by atoms with van der Waals surface area (Å²) in [4.78, 5) is 2.46. The van der Waals surface area contributed by atoms with E-state index in [2.05, 4.69) is 25.7 Å². The van der Waals surface area contributed by atoms with E-state index in [9.17, 15) is 5.11 Å². The fourth-order valence-electron chi connectivity index (χ4n) is 4.70. The van der Waals surface area contributed by atoms with Gasteiger partial charge in [-0.05, 0) is 74.1 Å². The van der Waals surface area contributed by atoms with Crippen LogP contribution in [0.25, 0.3) is 0 Å². The van der Waals surface area contributed by atoms with Gasteiger partial charge in [0.1, 0.15) is 5.75 Å². The Balaban J connectivity index is 1.92. The first-order chi connectivity index (χ1) is 14.5. The minimum atomic E-state index is -2.85. The summed E-state index contributed by atoms with van der Waals surface area (Å²) >= 11 is 0. The van der Waals surface area contributed by atoms with E-state index in [1.165, 1.54) is 0 Å². The van der Waals surface area contributed by atoms with Crippen LogP contribution < -0.4 is 4.74 Å². The van der Waals surface area contributed by atoms with Crippen LogP contribution in [-0.2, 0) is 12.0 Å². The Hall–Kier alpha value is -1.06. The van der Waals surface area contributed by atoms with E-state index >= 15 is 0 Å². The van der Waals surface area contributed by atoms with Crippen molar-refractivity contribution in [3.63, 3.8) is 0 Å². The lowest BCUT2D eigenvalue weighted by atomic mass is 9.71. The SMILES string of the molecule is [2H]C([2H])(C)C([2H])([2H])C([2H])([2H])Oc1cc2c(cc1C)[C@@]1(C)C[C@@H](O)[C@H](CC(C)C)CN1CC2. The first-order valence-electron chi connectivity index (χ1n) is 12.8. The fraction of sp³-hybridized carbons (Fsp3) is 0.739. The molecule has 3 heteroatoms. The maximum absolute atomic E-state index is 10.9. The predicted octanol–water partition coefficient (Wildman–Crippen LogP) is 4.67. The lowest BCUT2D eigenvalue weighted by molar-refractivity contribution is -0.0647. The second kappa shape index (κ2) is 7.90. The van der Waals surface area contributed by atoms with E-state index in [0.717, 1.165) is 44.0 Å². The molecule has 0 radical (unpaired) electrons. The van der Waals surface area contributed by atoms with Crippen molar-refractivity contribution in [2.75, 3.05) is 19.6 Å². The Labute approximate surface area is 168 Å². The van der Waals surface area contributed by atoms with Crippen molar-refractivity contribution in [3.8, 4) is 5.75 Å². The van der Waals surface area contributed by atoms with Crippen molar-refractivity contribution in [2.24, 2.45) is 11.8 Å². The maximum Gasteiger partial charge on any atom is 0.122 e. The summed E-state index contributed by atoms with van der Waals surface area (Å²) in [7, 11) is 0. The molecule has 1 saturated heterocycles. The van der Waals surface area contributed by atoms with Crippen molar-refractivity contribution in [1.29, 1.82) is 0 Å². The molecule has 0 aromatic heterocycles. The van der Waals surface area contributed by atoms with E-state index in [1.54, 1.807) is 13.0 Å². The van der Waals surface area contributed by atoms with Crippen LogP contribution in [0.2, 0.25) is 0 Å². The molecule has 146 valence electrons. The number of benzene rings is 1. The van der Waals surface area contributed by atoms with Gasteiger partial charge in [0, 0.05) is 24.1 Å². The van der Waals surface area contributed by atoms with E-state index in [0.29, 0.717) is 17.9 Å². The Morgan fingerprint density at radius 2 is 2.19 bits per heavy atom. The van der Waals surface area contributed by atoms with Gasteiger partial charge in [-0.2, -0.15) is 0 Å². The van der Waals surface area contributed by atoms with Gasteiger partial charge < -0.3 is 9.84 Å². The molecule has 2 heterocycles. The van der Waals surface area contributed by atoms with Crippen LogP contribution in [0.15, 0.2) is 12.1 Å². The zero-order chi connectivity index (χ0) is 24.3. The van der Waals surface area contributed by atoms with Gasteiger partial charge in [0.05, 0.1) is 15.4 Å². The molecule has 3 nitrogen and oxygen atoms in total. The van der Waals surface area contributed by atoms with Crippen molar-refractivity contribution in [2.45, 2.75) is 78.3 Å². The van der Waals surface area contributed by atoms with Crippen LogP contribution in [0.1, 0.15) is 78.2 Å². The molecule has 0 spiro atoms. The quantitative estimate of drug-likeness (QED) is 0.795. The van der Waals surface area contributed by atoms with E-state index in [-0.39, 0.29) is 23.3 Å². The molecule has 0 unspecified atom stereocenters. The smallest absolute Gasteiger partial charge is 0.122 e. The highest BCUT2D eigenvalue weighted by Crippen LogP contribution is 2.46. The van der Waals surface area contributed by atoms with Crippen molar-refractivity contribution in [1.82, 2.24) is 4.90 Å². The fourth-order valence-corrected chi connectivity index (χ4v) is 4.70. The Morgan fingerprint density at radius 3 is 2.88 bits per heavy atom. The molecule has 1 N–H and O–H groups in total. The summed E-state index contributed by atoms with van der Waals surface area (Å²) in [6.45, 7) is 8.17. The molecule has 2 aliphatic rings. The average Bonchev–Trinajstić information content (AvgIpc) is 2.62. The Kier molecular flexibility index (Phi) is 4.00. The summed E-state index contributed by atoms with van der Waals surface area (Å²) in [6.07, 6.45) is -3.25. The molecular formula is C23H37NO2. The molecule has 1 aromatic carbocycles. The lowest BCUT2D eigenvalue weighted by Gasteiger charge is -2.53. The van der Waals surface area contributed by atoms with Gasteiger partial charge in [0.15, 0.2) is 0 Å². The third kappa shape index (κ3) is 3.80. The summed E-state index contributed by atoms with van der Waals surface area (Å²) < 4.78 is 53.2. The largest absolute Gasteiger partial charge is 0.493 e. The van der Waals surface area contributed by atoms with E-state index in [4.69, 9.17) is 13.0 Å². The molecule has 0 bridgehead atoms. The molecule has 26 heavy (non-hydrogen) atoms. The van der Waals surface area contributed by atoms with Crippen molar-refractivity contribution in [3.05, 3.63) is 28.8 Å². The molecule has 1 aromatic rings. The summed E-state index contributed by atoms with van der Waals surface area (Å²) in [5.74, 6) is 1.02. The van der Waals surface area contributed by atoms with Gasteiger partial charge in [-0.1, -0.05) is 33.2 Å². The molecule has 2 aliphatic heterocycles. The highest BCUT2D eigenvalue weighted by molar-refractivity contribution is 5.47. The van der Waals surface area contributed by atoms with Crippen LogP contribution >= 0.6 is 0 Å². The third-order valence-corrected chi connectivity index (χ3v) is 6.05. The van der Waals surface area contributed by atoms with Crippen molar-refractivity contribution < 1.29 is 18.1 Å². The second-order valence-corrected chi connectivity index (χ2v) is 8.48. The molecule has 3 atom stereocenters. The number of hydrogen-bond donors (Lipinski definition) is 1. The number of aliphatic hydroxyl groups excluding tert-OH is 1. The number of ether oxygens (including phenoxy) is 1. The third-order valence-electron chi connectivity index (χ3n) is 6.05. The zero-order valence-electron chi connectivity index (χ0n) is 22.7. The first-order valence-corrected chi connectivity index (χ1v) is 9.76. The van der Waals surface area contributed by atoms with Crippen LogP contribution in [-0.4, -0.2) is 35.8 Å². The van der Waals surface area contributed by atoms with Gasteiger partial charge in [-0.3, -0.25) is 4.90 Å². The standard InChI is InChI=1S/C23H37NO2/c1-6-7-10-26-22-13-18-8-9-24-15-19(11-16(2)3)21(25)14-23(24,5)20(18)12-17(22)4/h12-13,16,19,21,25H,6-11,14-15H2,1-5H3/t19-,21-,23-/m1/s1/i6D2,7D2,10D2. The predicted molar refractivity (Wildman–Crippen MR) is 108 cm³/mol. The number of rotatable bonds is 6. The van der Waals surface area contributed by atoms with Gasteiger partial charge in [0.2, 0.25) is 0 Å². The number of aliphatic hydroxyl groups is 1.